The summed E-state index contributed by atoms with van der Waals surface area (Å²) >= 11 is 5.94. The third kappa shape index (κ3) is 3.80. The molecule has 1 amide bonds. The first-order valence-corrected chi connectivity index (χ1v) is 6.36. The van der Waals surface area contributed by atoms with Crippen molar-refractivity contribution < 1.29 is 9.32 Å². The minimum absolute atomic E-state index is 0.165. The van der Waals surface area contributed by atoms with Crippen LogP contribution in [-0.2, 0) is 13.1 Å². The normalized spacial score (nSPS) is 10.8. The fraction of sp³-hybridized carbons (Fsp3) is 0.231. The van der Waals surface area contributed by atoms with E-state index in [9.17, 15) is 4.79 Å². The van der Waals surface area contributed by atoms with Gasteiger partial charge in [0.05, 0.1) is 6.54 Å². The van der Waals surface area contributed by atoms with Gasteiger partial charge in [-0.25, -0.2) is 5.84 Å². The fourth-order valence-electron chi connectivity index (χ4n) is 1.84. The summed E-state index contributed by atoms with van der Waals surface area (Å²) in [4.78, 5) is 13.3. The lowest BCUT2D eigenvalue weighted by Gasteiger charge is -2.14. The molecule has 20 heavy (non-hydrogen) atoms. The lowest BCUT2D eigenvalue weighted by Crippen LogP contribution is -2.30. The first-order valence-electron chi connectivity index (χ1n) is 5.98. The lowest BCUT2D eigenvalue weighted by atomic mass is 10.2. The van der Waals surface area contributed by atoms with E-state index in [1.54, 1.807) is 6.07 Å². The first-order chi connectivity index (χ1) is 9.58. The Hall–Kier alpha value is -1.89. The zero-order valence-corrected chi connectivity index (χ0v) is 11.7. The topological polar surface area (TPSA) is 84.4 Å². The van der Waals surface area contributed by atoms with E-state index in [1.807, 2.05) is 41.6 Å². The Labute approximate surface area is 121 Å². The summed E-state index contributed by atoms with van der Waals surface area (Å²) in [5.74, 6) is 5.14. The van der Waals surface area contributed by atoms with Gasteiger partial charge >= 0.3 is 0 Å². The van der Waals surface area contributed by atoms with E-state index >= 15 is 0 Å². The molecular weight excluding hydrogens is 280 g/mol. The molecule has 2 rings (SSSR count). The van der Waals surface area contributed by atoms with E-state index in [4.69, 9.17) is 22.0 Å². The third-order valence-electron chi connectivity index (χ3n) is 2.69. The molecule has 106 valence electrons. The molecule has 0 aliphatic rings. The van der Waals surface area contributed by atoms with Crippen LogP contribution in [0.2, 0.25) is 5.02 Å². The van der Waals surface area contributed by atoms with E-state index in [1.165, 1.54) is 0 Å². The van der Waals surface area contributed by atoms with Crippen LogP contribution in [0, 0.1) is 0 Å². The van der Waals surface area contributed by atoms with Crippen molar-refractivity contribution in [2.24, 2.45) is 5.84 Å². The molecule has 0 atom stereocenters. The van der Waals surface area contributed by atoms with Crippen LogP contribution in [0.15, 0.2) is 34.9 Å². The largest absolute Gasteiger partial charge is 0.359 e. The zero-order valence-electron chi connectivity index (χ0n) is 11.0. The SMILES string of the molecule is CN(Cc1cccc(Cl)c1)Cc1cc(C(=O)NN)no1. The van der Waals surface area contributed by atoms with Gasteiger partial charge in [-0.05, 0) is 24.7 Å². The van der Waals surface area contributed by atoms with Gasteiger partial charge in [0.15, 0.2) is 11.5 Å². The number of hydrogen-bond acceptors (Lipinski definition) is 5. The number of hydrogen-bond donors (Lipinski definition) is 2. The molecule has 0 aliphatic carbocycles. The molecule has 0 spiro atoms. The standard InChI is InChI=1S/C13H15ClN4O2/c1-18(7-9-3-2-4-10(14)5-9)8-11-6-12(17-20-11)13(19)16-15/h2-6H,7-8,15H2,1H3,(H,16,19). The van der Waals surface area contributed by atoms with Crippen molar-refractivity contribution in [3.63, 3.8) is 0 Å². The number of amides is 1. The third-order valence-corrected chi connectivity index (χ3v) is 2.93. The van der Waals surface area contributed by atoms with Gasteiger partial charge < -0.3 is 4.52 Å². The molecule has 0 unspecified atom stereocenters. The molecule has 2 aromatic rings. The second-order valence-electron chi connectivity index (χ2n) is 4.45. The number of hydrazine groups is 1. The van der Waals surface area contributed by atoms with Gasteiger partial charge in [-0.15, -0.1) is 0 Å². The highest BCUT2D eigenvalue weighted by Crippen LogP contribution is 2.14. The first kappa shape index (κ1) is 14.5. The predicted molar refractivity (Wildman–Crippen MR) is 74.8 cm³/mol. The van der Waals surface area contributed by atoms with Crippen LogP contribution < -0.4 is 11.3 Å². The summed E-state index contributed by atoms with van der Waals surface area (Å²) in [5.41, 5.74) is 3.27. The molecule has 1 aromatic carbocycles. The Morgan fingerprint density at radius 1 is 1.45 bits per heavy atom. The van der Waals surface area contributed by atoms with Crippen molar-refractivity contribution in [2.75, 3.05) is 7.05 Å². The summed E-state index contributed by atoms with van der Waals surface area (Å²) < 4.78 is 5.09. The smallest absolute Gasteiger partial charge is 0.287 e. The van der Waals surface area contributed by atoms with E-state index in [0.29, 0.717) is 23.9 Å². The number of nitrogens with zero attached hydrogens (tertiary/aromatic N) is 2. The highest BCUT2D eigenvalue weighted by molar-refractivity contribution is 6.30. The number of nitrogens with one attached hydrogen (secondary N) is 1. The van der Waals surface area contributed by atoms with Crippen molar-refractivity contribution >= 4 is 17.5 Å². The van der Waals surface area contributed by atoms with Crippen LogP contribution in [0.3, 0.4) is 0 Å². The second kappa shape index (κ2) is 6.51. The second-order valence-corrected chi connectivity index (χ2v) is 4.89. The Kier molecular flexibility index (Phi) is 4.73. The van der Waals surface area contributed by atoms with E-state index in [0.717, 1.165) is 5.56 Å². The van der Waals surface area contributed by atoms with E-state index in [2.05, 4.69) is 5.16 Å². The number of halogens is 1. The maximum Gasteiger partial charge on any atom is 0.287 e. The van der Waals surface area contributed by atoms with Gasteiger partial charge in [0, 0.05) is 17.6 Å². The number of nitrogen functional groups attached to an aromatic ring is 1. The Balaban J connectivity index is 1.96. The van der Waals surface area contributed by atoms with Crippen LogP contribution in [0.5, 0.6) is 0 Å². The average molecular weight is 295 g/mol. The van der Waals surface area contributed by atoms with Crippen LogP contribution in [-0.4, -0.2) is 23.0 Å². The van der Waals surface area contributed by atoms with Crippen molar-refractivity contribution in [3.8, 4) is 0 Å². The monoisotopic (exact) mass is 294 g/mol. The van der Waals surface area contributed by atoms with Gasteiger partial charge in [-0.1, -0.05) is 28.9 Å². The molecule has 1 aromatic heterocycles. The average Bonchev–Trinajstić information content (AvgIpc) is 2.86. The summed E-state index contributed by atoms with van der Waals surface area (Å²) in [5, 5.41) is 4.35. The van der Waals surface area contributed by atoms with Crippen LogP contribution in [0.25, 0.3) is 0 Å². The molecule has 0 bridgehead atoms. The summed E-state index contributed by atoms with van der Waals surface area (Å²) in [6.45, 7) is 1.23. The Morgan fingerprint density at radius 2 is 2.25 bits per heavy atom. The van der Waals surface area contributed by atoms with Gasteiger partial charge in [-0.3, -0.25) is 15.1 Å². The van der Waals surface area contributed by atoms with E-state index in [-0.39, 0.29) is 5.69 Å². The molecule has 6 nitrogen and oxygen atoms in total. The lowest BCUT2D eigenvalue weighted by molar-refractivity contribution is 0.0944. The Bertz CT molecular complexity index is 600. The number of aromatic nitrogens is 1. The molecule has 7 heteroatoms. The predicted octanol–water partition coefficient (Wildman–Crippen LogP) is 1.56. The highest BCUT2D eigenvalue weighted by Gasteiger charge is 2.12. The molecule has 0 saturated carbocycles. The highest BCUT2D eigenvalue weighted by atomic mass is 35.5. The number of carbonyl (C=O) groups is 1. The molecule has 0 fully saturated rings. The summed E-state index contributed by atoms with van der Waals surface area (Å²) in [6.07, 6.45) is 0. The molecule has 0 aliphatic heterocycles. The minimum Gasteiger partial charge on any atom is -0.359 e. The van der Waals surface area contributed by atoms with Crippen molar-refractivity contribution in [1.82, 2.24) is 15.5 Å². The van der Waals surface area contributed by atoms with Crippen LogP contribution in [0.1, 0.15) is 21.8 Å². The molecule has 0 radical (unpaired) electrons. The maximum absolute atomic E-state index is 11.3. The minimum atomic E-state index is -0.475. The van der Waals surface area contributed by atoms with E-state index < -0.39 is 5.91 Å². The maximum atomic E-state index is 11.3. The van der Waals surface area contributed by atoms with Gasteiger partial charge in [0.2, 0.25) is 0 Å². The van der Waals surface area contributed by atoms with Crippen molar-refractivity contribution in [2.45, 2.75) is 13.1 Å². The quantitative estimate of drug-likeness (QED) is 0.497. The number of nitrogens with two attached hydrogens (primary N) is 1. The summed E-state index contributed by atoms with van der Waals surface area (Å²) in [6, 6.07) is 9.21. The van der Waals surface area contributed by atoms with Gasteiger partial charge in [0.1, 0.15) is 0 Å². The van der Waals surface area contributed by atoms with Crippen LogP contribution >= 0.6 is 11.6 Å². The van der Waals surface area contributed by atoms with Crippen molar-refractivity contribution in [3.05, 3.63) is 52.4 Å². The molecular formula is C13H15ClN4O2. The Morgan fingerprint density at radius 3 is 2.95 bits per heavy atom. The molecule has 0 saturated heterocycles. The number of benzene rings is 1. The van der Waals surface area contributed by atoms with Gasteiger partial charge in [-0.2, -0.15) is 0 Å². The summed E-state index contributed by atoms with van der Waals surface area (Å²) in [7, 11) is 1.94. The molecule has 1 heterocycles. The number of carbonyl (C=O) groups excluding carboxylic acids is 1. The molecule has 3 N–H and O–H groups in total. The number of rotatable bonds is 5. The fourth-order valence-corrected chi connectivity index (χ4v) is 2.05. The van der Waals surface area contributed by atoms with Crippen LogP contribution in [0.4, 0.5) is 0 Å². The van der Waals surface area contributed by atoms with Crippen molar-refractivity contribution in [1.29, 1.82) is 0 Å². The van der Waals surface area contributed by atoms with Gasteiger partial charge in [0.25, 0.3) is 5.91 Å². The zero-order chi connectivity index (χ0) is 14.5.